The van der Waals surface area contributed by atoms with Crippen LogP contribution in [0.2, 0.25) is 0 Å². The molecule has 2 aromatic heterocycles. The van der Waals surface area contributed by atoms with E-state index in [0.717, 1.165) is 16.6 Å². The second-order valence-electron chi connectivity index (χ2n) is 6.49. The molecule has 0 aliphatic carbocycles. The molecular weight excluding hydrogens is 392 g/mol. The molecule has 2 aromatic rings. The molecule has 0 unspecified atom stereocenters. The van der Waals surface area contributed by atoms with Crippen LogP contribution in [0.1, 0.15) is 36.1 Å². The predicted octanol–water partition coefficient (Wildman–Crippen LogP) is 4.19. The van der Waals surface area contributed by atoms with Gasteiger partial charge >= 0.3 is 6.09 Å². The Balaban J connectivity index is 1.95. The minimum atomic E-state index is -0.536. The van der Waals surface area contributed by atoms with E-state index in [2.05, 4.69) is 44.7 Å². The molecule has 0 aliphatic heterocycles. The van der Waals surface area contributed by atoms with Crippen molar-refractivity contribution >= 4 is 39.2 Å². The maximum Gasteiger partial charge on any atom is 0.413 e. The normalized spacial score (nSPS) is 11.6. The largest absolute Gasteiger partial charge is 0.444 e. The Kier molecular flexibility index (Phi) is 6.06. The van der Waals surface area contributed by atoms with Crippen LogP contribution in [0.3, 0.4) is 0 Å². The predicted molar refractivity (Wildman–Crippen MR) is 100 cm³/mol. The number of rotatable bonds is 5. The van der Waals surface area contributed by atoms with Crippen LogP contribution >= 0.6 is 27.3 Å². The van der Waals surface area contributed by atoms with Crippen molar-refractivity contribution in [3.63, 3.8) is 0 Å². The average Bonchev–Trinajstić information content (AvgIpc) is 2.93. The molecule has 0 saturated heterocycles. The van der Waals surface area contributed by atoms with Gasteiger partial charge in [0.25, 0.3) is 0 Å². The molecule has 0 atom stereocenters. The molecule has 2 N–H and O–H groups in total. The number of halogens is 1. The Labute approximate surface area is 154 Å². The Morgan fingerprint density at radius 2 is 2.12 bits per heavy atom. The molecule has 0 aromatic carbocycles. The first-order chi connectivity index (χ1) is 11.2. The smallest absolute Gasteiger partial charge is 0.413 e. The van der Waals surface area contributed by atoms with E-state index in [1.807, 2.05) is 20.8 Å². The molecule has 0 fully saturated rings. The van der Waals surface area contributed by atoms with Gasteiger partial charge in [0.15, 0.2) is 0 Å². The van der Waals surface area contributed by atoms with Crippen molar-refractivity contribution in [2.45, 2.75) is 46.4 Å². The molecule has 24 heavy (non-hydrogen) atoms. The average molecular weight is 415 g/mol. The number of nitrogens with one attached hydrogen (secondary N) is 2. The molecule has 8 heteroatoms. The van der Waals surface area contributed by atoms with Crippen LogP contribution in [-0.4, -0.2) is 21.5 Å². The van der Waals surface area contributed by atoms with Crippen LogP contribution in [-0.2, 0) is 24.9 Å². The highest BCUT2D eigenvalue weighted by Gasteiger charge is 2.19. The van der Waals surface area contributed by atoms with E-state index in [0.29, 0.717) is 12.4 Å². The Bertz CT molecular complexity index is 699. The van der Waals surface area contributed by atoms with E-state index in [4.69, 9.17) is 4.74 Å². The summed E-state index contributed by atoms with van der Waals surface area (Å²) in [5.41, 5.74) is 0.376. The van der Waals surface area contributed by atoms with Crippen molar-refractivity contribution in [2.75, 3.05) is 5.32 Å². The first-order valence-electron chi connectivity index (χ1n) is 7.62. The van der Waals surface area contributed by atoms with Gasteiger partial charge in [0.2, 0.25) is 0 Å². The van der Waals surface area contributed by atoms with Gasteiger partial charge in [-0.2, -0.15) is 5.10 Å². The molecular formula is C16H23BrN4O2S. The lowest BCUT2D eigenvalue weighted by Gasteiger charge is -2.20. The van der Waals surface area contributed by atoms with Gasteiger partial charge < -0.3 is 10.1 Å². The van der Waals surface area contributed by atoms with Gasteiger partial charge in [-0.1, -0.05) is 0 Å². The fraction of sp³-hybridized carbons (Fsp3) is 0.500. The van der Waals surface area contributed by atoms with Crippen LogP contribution in [0.25, 0.3) is 0 Å². The lowest BCUT2D eigenvalue weighted by atomic mass is 10.2. The highest BCUT2D eigenvalue weighted by Crippen LogP contribution is 2.26. The van der Waals surface area contributed by atoms with Gasteiger partial charge in [-0.3, -0.25) is 10.00 Å². The van der Waals surface area contributed by atoms with Crippen LogP contribution < -0.4 is 10.6 Å². The van der Waals surface area contributed by atoms with Crippen molar-refractivity contribution in [3.8, 4) is 0 Å². The lowest BCUT2D eigenvalue weighted by Crippen LogP contribution is -2.28. The van der Waals surface area contributed by atoms with E-state index in [1.165, 1.54) is 9.75 Å². The molecule has 2 rings (SSSR count). The zero-order valence-corrected chi connectivity index (χ0v) is 17.0. The first kappa shape index (κ1) is 19.0. The van der Waals surface area contributed by atoms with E-state index in [9.17, 15) is 4.79 Å². The summed E-state index contributed by atoms with van der Waals surface area (Å²) in [6.45, 7) is 8.95. The van der Waals surface area contributed by atoms with Crippen molar-refractivity contribution in [1.82, 2.24) is 15.1 Å². The number of nitrogens with zero attached hydrogens (tertiary/aromatic N) is 2. The molecule has 1 amide bonds. The Morgan fingerprint density at radius 1 is 1.42 bits per heavy atom. The monoisotopic (exact) mass is 414 g/mol. The summed E-state index contributed by atoms with van der Waals surface area (Å²) in [6.07, 6.45) is 1.26. The SMILES string of the molecule is Cc1sc(CNCc2cnn(C)c2NC(=O)OC(C)(C)C)cc1Br. The summed E-state index contributed by atoms with van der Waals surface area (Å²) in [7, 11) is 1.79. The molecule has 0 aliphatic rings. The summed E-state index contributed by atoms with van der Waals surface area (Å²) in [4.78, 5) is 14.5. The quantitative estimate of drug-likeness (QED) is 0.769. The molecule has 132 valence electrons. The van der Waals surface area contributed by atoms with E-state index >= 15 is 0 Å². The topological polar surface area (TPSA) is 68.2 Å². The van der Waals surface area contributed by atoms with Gasteiger partial charge in [0.05, 0.1) is 6.20 Å². The summed E-state index contributed by atoms with van der Waals surface area (Å²) in [5.74, 6) is 0.639. The van der Waals surface area contributed by atoms with Crippen LogP contribution in [0.5, 0.6) is 0 Å². The highest BCUT2D eigenvalue weighted by atomic mass is 79.9. The molecule has 0 bridgehead atoms. The maximum absolute atomic E-state index is 12.0. The molecule has 2 heterocycles. The van der Waals surface area contributed by atoms with E-state index < -0.39 is 11.7 Å². The minimum absolute atomic E-state index is 0.481. The second-order valence-corrected chi connectivity index (χ2v) is 8.68. The molecule has 0 radical (unpaired) electrons. The first-order valence-corrected chi connectivity index (χ1v) is 9.23. The van der Waals surface area contributed by atoms with Gasteiger partial charge in [0, 0.05) is 39.9 Å². The fourth-order valence-corrected chi connectivity index (χ4v) is 3.67. The van der Waals surface area contributed by atoms with Crippen LogP contribution in [0, 0.1) is 6.92 Å². The minimum Gasteiger partial charge on any atom is -0.444 e. The number of aromatic nitrogens is 2. The number of ether oxygens (including phenoxy) is 1. The van der Waals surface area contributed by atoms with E-state index in [-0.39, 0.29) is 0 Å². The van der Waals surface area contributed by atoms with Gasteiger partial charge in [-0.25, -0.2) is 4.79 Å². The van der Waals surface area contributed by atoms with Gasteiger partial charge in [-0.15, -0.1) is 11.3 Å². The van der Waals surface area contributed by atoms with Gasteiger partial charge in [-0.05, 0) is 49.7 Å². The Hall–Kier alpha value is -1.38. The summed E-state index contributed by atoms with van der Waals surface area (Å²) in [6, 6.07) is 2.12. The fourth-order valence-electron chi connectivity index (χ4n) is 2.10. The number of carbonyl (C=O) groups excluding carboxylic acids is 1. The number of hydrogen-bond donors (Lipinski definition) is 2. The number of hydrogen-bond acceptors (Lipinski definition) is 5. The molecule has 6 nitrogen and oxygen atoms in total. The highest BCUT2D eigenvalue weighted by molar-refractivity contribution is 9.10. The third-order valence-corrected chi connectivity index (χ3v) is 5.29. The summed E-state index contributed by atoms with van der Waals surface area (Å²) in [5, 5.41) is 10.4. The lowest BCUT2D eigenvalue weighted by molar-refractivity contribution is 0.0634. The summed E-state index contributed by atoms with van der Waals surface area (Å²) >= 11 is 5.28. The van der Waals surface area contributed by atoms with E-state index in [1.54, 1.807) is 29.3 Å². The number of aryl methyl sites for hydroxylation is 2. The van der Waals surface area contributed by atoms with Crippen LogP contribution in [0.4, 0.5) is 10.6 Å². The number of carbonyl (C=O) groups is 1. The molecule has 0 saturated carbocycles. The van der Waals surface area contributed by atoms with Crippen molar-refractivity contribution in [1.29, 1.82) is 0 Å². The van der Waals surface area contributed by atoms with Crippen molar-refractivity contribution in [3.05, 3.63) is 32.1 Å². The Morgan fingerprint density at radius 3 is 2.71 bits per heavy atom. The maximum atomic E-state index is 12.0. The third-order valence-electron chi connectivity index (χ3n) is 3.16. The number of anilines is 1. The van der Waals surface area contributed by atoms with Crippen molar-refractivity contribution < 1.29 is 9.53 Å². The third kappa shape index (κ3) is 5.32. The van der Waals surface area contributed by atoms with Gasteiger partial charge in [0.1, 0.15) is 11.4 Å². The molecule has 0 spiro atoms. The zero-order valence-electron chi connectivity index (χ0n) is 14.6. The number of thiophene rings is 1. The van der Waals surface area contributed by atoms with Crippen LogP contribution in [0.15, 0.2) is 16.7 Å². The number of amides is 1. The standard InChI is InChI=1S/C16H23BrN4O2S/c1-10-13(17)6-12(24-10)9-18-7-11-8-19-21(5)14(11)20-15(22)23-16(2,3)4/h6,8,18H,7,9H2,1-5H3,(H,20,22). The summed E-state index contributed by atoms with van der Waals surface area (Å²) < 4.78 is 8.06. The van der Waals surface area contributed by atoms with Crippen molar-refractivity contribution in [2.24, 2.45) is 7.05 Å². The zero-order chi connectivity index (χ0) is 17.9. The second kappa shape index (κ2) is 7.67.